The summed E-state index contributed by atoms with van der Waals surface area (Å²) < 4.78 is 2.02. The Bertz CT molecular complexity index is 1090. The van der Waals surface area contributed by atoms with Crippen LogP contribution in [0.25, 0.3) is 16.9 Å². The molecule has 0 aliphatic rings. The van der Waals surface area contributed by atoms with Gasteiger partial charge in [0, 0.05) is 30.1 Å². The topological polar surface area (TPSA) is 59.3 Å². The second-order valence-electron chi connectivity index (χ2n) is 6.34. The molecule has 2 aromatic carbocycles. The molecule has 4 rings (SSSR count). The fraction of sp³-hybridized carbons (Fsp3) is 0.136. The Hall–Kier alpha value is -3.12. The first-order valence-corrected chi connectivity index (χ1v) is 10.3. The summed E-state index contributed by atoms with van der Waals surface area (Å²) in [5.74, 6) is -0.0607. The predicted octanol–water partition coefficient (Wildman–Crippen LogP) is 4.09. The molecule has 2 aromatic heterocycles. The lowest BCUT2D eigenvalue weighted by atomic mass is 10.1. The van der Waals surface area contributed by atoms with E-state index in [2.05, 4.69) is 27.4 Å². The van der Waals surface area contributed by atoms with Crippen molar-refractivity contribution < 1.29 is 4.79 Å². The van der Waals surface area contributed by atoms with E-state index in [1.165, 1.54) is 5.56 Å². The van der Waals surface area contributed by atoms with Crippen LogP contribution in [0, 0.1) is 0 Å². The van der Waals surface area contributed by atoms with Crippen LogP contribution in [0.3, 0.4) is 0 Å². The van der Waals surface area contributed by atoms with Crippen LogP contribution >= 0.6 is 11.8 Å². The minimum absolute atomic E-state index is 0.0607. The second-order valence-corrected chi connectivity index (χ2v) is 7.14. The summed E-state index contributed by atoms with van der Waals surface area (Å²) in [6, 6.07) is 17.7. The van der Waals surface area contributed by atoms with Crippen molar-refractivity contribution in [2.75, 3.05) is 12.8 Å². The second kappa shape index (κ2) is 8.27. The van der Waals surface area contributed by atoms with Gasteiger partial charge in [0.05, 0.1) is 11.9 Å². The number of hydrogen-bond donors (Lipinski definition) is 1. The van der Waals surface area contributed by atoms with Crippen LogP contribution in [0.5, 0.6) is 0 Å². The first-order chi connectivity index (χ1) is 13.8. The van der Waals surface area contributed by atoms with Gasteiger partial charge in [-0.1, -0.05) is 42.5 Å². The summed E-state index contributed by atoms with van der Waals surface area (Å²) in [6.45, 7) is 0.613. The van der Waals surface area contributed by atoms with E-state index in [-0.39, 0.29) is 5.91 Å². The van der Waals surface area contributed by atoms with Crippen molar-refractivity contribution in [2.24, 2.45) is 0 Å². The van der Waals surface area contributed by atoms with Crippen molar-refractivity contribution >= 4 is 23.3 Å². The van der Waals surface area contributed by atoms with Crippen LogP contribution in [0.2, 0.25) is 0 Å². The molecule has 4 aromatic rings. The molecular formula is C22H20N4OS. The first kappa shape index (κ1) is 18.3. The Morgan fingerprint density at radius 1 is 1.07 bits per heavy atom. The monoisotopic (exact) mass is 388 g/mol. The number of amides is 1. The fourth-order valence-electron chi connectivity index (χ4n) is 3.11. The molecule has 0 saturated carbocycles. The van der Waals surface area contributed by atoms with Gasteiger partial charge in [-0.25, -0.2) is 9.97 Å². The molecule has 0 bridgehead atoms. The zero-order valence-electron chi connectivity index (χ0n) is 15.5. The molecule has 5 nitrogen and oxygen atoms in total. The number of benzene rings is 2. The maximum absolute atomic E-state index is 12.4. The molecule has 0 aliphatic carbocycles. The zero-order chi connectivity index (χ0) is 19.3. The molecule has 0 aliphatic heterocycles. The summed E-state index contributed by atoms with van der Waals surface area (Å²) >= 11 is 1.57. The minimum Gasteiger partial charge on any atom is -0.352 e. The molecule has 0 radical (unpaired) electrons. The highest BCUT2D eigenvalue weighted by molar-refractivity contribution is 7.98. The third-order valence-corrected chi connectivity index (χ3v) is 5.25. The van der Waals surface area contributed by atoms with Crippen molar-refractivity contribution in [3.05, 3.63) is 84.3 Å². The van der Waals surface area contributed by atoms with Crippen molar-refractivity contribution in [3.8, 4) is 11.3 Å². The standard InChI is InChI=1S/C22H20N4OS/c1-28-22-20-25-15-19(26(20)14-13-24-22)17-7-9-18(10-8-17)21(27)23-12-11-16-5-3-2-4-6-16/h2-10,13-15H,11-12H2,1H3,(H,23,27). The van der Waals surface area contributed by atoms with Gasteiger partial charge in [0.15, 0.2) is 5.65 Å². The Labute approximate surface area is 167 Å². The van der Waals surface area contributed by atoms with Crippen molar-refractivity contribution in [1.82, 2.24) is 19.7 Å². The van der Waals surface area contributed by atoms with E-state index in [1.54, 1.807) is 18.0 Å². The van der Waals surface area contributed by atoms with Gasteiger partial charge < -0.3 is 5.32 Å². The number of hydrogen-bond acceptors (Lipinski definition) is 4. The Kier molecular flexibility index (Phi) is 5.39. The smallest absolute Gasteiger partial charge is 0.251 e. The average molecular weight is 388 g/mol. The van der Waals surface area contributed by atoms with Gasteiger partial charge in [-0.15, -0.1) is 11.8 Å². The third-order valence-electron chi connectivity index (χ3n) is 4.57. The van der Waals surface area contributed by atoms with E-state index >= 15 is 0 Å². The van der Waals surface area contributed by atoms with Gasteiger partial charge in [-0.05, 0) is 30.4 Å². The lowest BCUT2D eigenvalue weighted by molar-refractivity contribution is 0.0954. The summed E-state index contributed by atoms with van der Waals surface area (Å²) in [6.07, 6.45) is 8.33. The number of carbonyl (C=O) groups excluding carboxylic acids is 1. The maximum atomic E-state index is 12.4. The number of fused-ring (bicyclic) bond motifs is 1. The average Bonchev–Trinajstić information content (AvgIpc) is 3.19. The largest absolute Gasteiger partial charge is 0.352 e. The van der Waals surface area contributed by atoms with E-state index in [0.29, 0.717) is 12.1 Å². The molecule has 6 heteroatoms. The maximum Gasteiger partial charge on any atom is 0.251 e. The molecule has 0 atom stereocenters. The summed E-state index contributed by atoms with van der Waals surface area (Å²) in [4.78, 5) is 21.2. The van der Waals surface area contributed by atoms with Gasteiger partial charge in [0.25, 0.3) is 5.91 Å². The lowest BCUT2D eigenvalue weighted by Crippen LogP contribution is -2.25. The van der Waals surface area contributed by atoms with Gasteiger partial charge in [-0.2, -0.15) is 0 Å². The molecule has 2 heterocycles. The van der Waals surface area contributed by atoms with Gasteiger partial charge in [-0.3, -0.25) is 9.20 Å². The number of imidazole rings is 1. The predicted molar refractivity (Wildman–Crippen MR) is 113 cm³/mol. The molecule has 0 saturated heterocycles. The van der Waals surface area contributed by atoms with Crippen LogP contribution < -0.4 is 5.32 Å². The number of nitrogens with one attached hydrogen (secondary N) is 1. The number of carbonyl (C=O) groups is 1. The van der Waals surface area contributed by atoms with Crippen molar-refractivity contribution in [2.45, 2.75) is 11.4 Å². The molecule has 0 fully saturated rings. The van der Waals surface area contributed by atoms with Crippen LogP contribution in [0.4, 0.5) is 0 Å². The first-order valence-electron chi connectivity index (χ1n) is 9.05. The van der Waals surface area contributed by atoms with Crippen LogP contribution in [0.15, 0.2) is 78.2 Å². The van der Waals surface area contributed by atoms with E-state index in [0.717, 1.165) is 28.4 Å². The molecule has 1 amide bonds. The van der Waals surface area contributed by atoms with Crippen LogP contribution in [-0.4, -0.2) is 33.1 Å². The van der Waals surface area contributed by atoms with Crippen molar-refractivity contribution in [1.29, 1.82) is 0 Å². The van der Waals surface area contributed by atoms with Crippen LogP contribution in [-0.2, 0) is 6.42 Å². The summed E-state index contributed by atoms with van der Waals surface area (Å²) in [7, 11) is 0. The lowest BCUT2D eigenvalue weighted by Gasteiger charge is -2.07. The SMILES string of the molecule is CSc1nccn2c(-c3ccc(C(=O)NCCc4ccccc4)cc3)cnc12. The molecule has 0 spiro atoms. The Morgan fingerprint density at radius 2 is 1.86 bits per heavy atom. The fourth-order valence-corrected chi connectivity index (χ4v) is 3.61. The minimum atomic E-state index is -0.0607. The number of aromatic nitrogens is 3. The third kappa shape index (κ3) is 3.77. The number of rotatable bonds is 6. The summed E-state index contributed by atoms with van der Waals surface area (Å²) in [5.41, 5.74) is 4.69. The number of nitrogens with zero attached hydrogens (tertiary/aromatic N) is 3. The van der Waals surface area contributed by atoms with Gasteiger partial charge >= 0.3 is 0 Å². The highest BCUT2D eigenvalue weighted by Gasteiger charge is 2.11. The normalized spacial score (nSPS) is 10.9. The highest BCUT2D eigenvalue weighted by atomic mass is 32.2. The Balaban J connectivity index is 1.46. The van der Waals surface area contributed by atoms with Gasteiger partial charge in [0.2, 0.25) is 0 Å². The van der Waals surface area contributed by atoms with E-state index in [1.807, 2.05) is 65.5 Å². The highest BCUT2D eigenvalue weighted by Crippen LogP contribution is 2.25. The van der Waals surface area contributed by atoms with Crippen molar-refractivity contribution in [3.63, 3.8) is 0 Å². The quantitative estimate of drug-likeness (QED) is 0.506. The zero-order valence-corrected chi connectivity index (χ0v) is 16.3. The molecule has 28 heavy (non-hydrogen) atoms. The molecular weight excluding hydrogens is 368 g/mol. The van der Waals surface area contributed by atoms with E-state index in [9.17, 15) is 4.79 Å². The Morgan fingerprint density at radius 3 is 2.61 bits per heavy atom. The van der Waals surface area contributed by atoms with E-state index in [4.69, 9.17) is 0 Å². The molecule has 0 unspecified atom stereocenters. The van der Waals surface area contributed by atoms with E-state index < -0.39 is 0 Å². The molecule has 140 valence electrons. The summed E-state index contributed by atoms with van der Waals surface area (Å²) in [5, 5.41) is 3.87. The van der Waals surface area contributed by atoms with Crippen LogP contribution in [0.1, 0.15) is 15.9 Å². The molecule has 1 N–H and O–H groups in total. The number of thioether (sulfide) groups is 1. The van der Waals surface area contributed by atoms with Gasteiger partial charge in [0.1, 0.15) is 5.03 Å².